The lowest BCUT2D eigenvalue weighted by atomic mass is 9.91. The highest BCUT2D eigenvalue weighted by Gasteiger charge is 2.39. The van der Waals surface area contributed by atoms with E-state index in [4.69, 9.17) is 15.0 Å². The lowest BCUT2D eigenvalue weighted by Crippen LogP contribution is -2.44. The normalized spacial score (nSPS) is 24.8. The van der Waals surface area contributed by atoms with Gasteiger partial charge in [0.1, 0.15) is 11.6 Å². The van der Waals surface area contributed by atoms with Gasteiger partial charge in [-0.2, -0.15) is 4.79 Å². The summed E-state index contributed by atoms with van der Waals surface area (Å²) in [5, 5.41) is 0. The second-order valence-corrected chi connectivity index (χ2v) is 5.47. The molecule has 1 aliphatic rings. The molecule has 7 nitrogen and oxygen atoms in total. The maximum Gasteiger partial charge on any atom is 0.323 e. The Hall–Kier alpha value is -2.01. The number of hydrogen-bond donors (Lipinski definition) is 0. The maximum absolute atomic E-state index is 11.5. The minimum absolute atomic E-state index is 0.176. The van der Waals surface area contributed by atoms with Gasteiger partial charge in [0.05, 0.1) is 14.2 Å². The molecule has 0 aliphatic carbocycles. The van der Waals surface area contributed by atoms with Gasteiger partial charge in [0.15, 0.2) is 0 Å². The molecule has 0 amide bonds. The molecular formula is C14H22N4O3. The van der Waals surface area contributed by atoms with Crippen molar-refractivity contribution in [2.24, 2.45) is 15.9 Å². The van der Waals surface area contributed by atoms with Crippen molar-refractivity contribution >= 4 is 23.8 Å². The third-order valence-electron chi connectivity index (χ3n) is 3.42. The standard InChI is InChI=1S/C14H22N4O3/c1-9(2)11-12(20-4)18-14(3,13(17-11)21-5)7-6-10(19)8-16-15/h8-9,11H,6-7H2,1-5H3/t11-,14-/m1/s1. The predicted octanol–water partition coefficient (Wildman–Crippen LogP) is 1.52. The van der Waals surface area contributed by atoms with Crippen LogP contribution in [0.25, 0.3) is 5.53 Å². The number of hydrogen-bond acceptors (Lipinski definition) is 5. The number of ether oxygens (including phenoxy) is 2. The van der Waals surface area contributed by atoms with Crippen molar-refractivity contribution in [1.29, 1.82) is 0 Å². The van der Waals surface area contributed by atoms with E-state index in [2.05, 4.69) is 14.8 Å². The Morgan fingerprint density at radius 2 is 2.14 bits per heavy atom. The Balaban J connectivity index is 3.02. The Kier molecular flexibility index (Phi) is 5.79. The van der Waals surface area contributed by atoms with Crippen LogP contribution in [0.15, 0.2) is 9.98 Å². The van der Waals surface area contributed by atoms with Crippen LogP contribution in [0.1, 0.15) is 33.6 Å². The molecule has 0 spiro atoms. The molecule has 0 aromatic carbocycles. The van der Waals surface area contributed by atoms with E-state index in [1.54, 1.807) is 14.2 Å². The lowest BCUT2D eigenvalue weighted by molar-refractivity contribution is -0.116. The molecule has 2 atom stereocenters. The van der Waals surface area contributed by atoms with Crippen LogP contribution < -0.4 is 0 Å². The van der Waals surface area contributed by atoms with E-state index in [9.17, 15) is 4.79 Å². The van der Waals surface area contributed by atoms with Crippen molar-refractivity contribution in [1.82, 2.24) is 0 Å². The van der Waals surface area contributed by atoms with Gasteiger partial charge in [0, 0.05) is 6.42 Å². The summed E-state index contributed by atoms with van der Waals surface area (Å²) in [5.41, 5.74) is 7.61. The summed E-state index contributed by atoms with van der Waals surface area (Å²) in [7, 11) is 3.10. The maximum atomic E-state index is 11.5. The molecule has 1 heterocycles. The molecule has 0 aromatic heterocycles. The smallest absolute Gasteiger partial charge is 0.323 e. The van der Waals surface area contributed by atoms with E-state index < -0.39 is 5.54 Å². The second kappa shape index (κ2) is 7.13. The van der Waals surface area contributed by atoms with Gasteiger partial charge in [0.2, 0.25) is 17.6 Å². The summed E-state index contributed by atoms with van der Waals surface area (Å²) in [6.45, 7) is 5.90. The molecule has 0 aromatic rings. The fourth-order valence-corrected chi connectivity index (χ4v) is 2.21. The average molecular weight is 294 g/mol. The Morgan fingerprint density at radius 3 is 2.62 bits per heavy atom. The van der Waals surface area contributed by atoms with Crippen molar-refractivity contribution in [2.45, 2.75) is 45.2 Å². The molecule has 0 saturated heterocycles. The number of methoxy groups -OCH3 is 2. The number of aliphatic imine (C=N–C) groups is 2. The van der Waals surface area contributed by atoms with Crippen molar-refractivity contribution in [3.05, 3.63) is 5.53 Å². The van der Waals surface area contributed by atoms with Gasteiger partial charge in [-0.15, -0.1) is 0 Å². The average Bonchev–Trinajstić information content (AvgIpc) is 2.44. The van der Waals surface area contributed by atoms with Gasteiger partial charge >= 0.3 is 6.21 Å². The zero-order valence-electron chi connectivity index (χ0n) is 13.2. The summed E-state index contributed by atoms with van der Waals surface area (Å²) >= 11 is 0. The molecule has 0 fully saturated rings. The summed E-state index contributed by atoms with van der Waals surface area (Å²) in [5.74, 6) is 0.961. The molecule has 0 saturated carbocycles. The molecule has 21 heavy (non-hydrogen) atoms. The third kappa shape index (κ3) is 3.98. The summed E-state index contributed by atoms with van der Waals surface area (Å²) in [4.78, 5) is 23.4. The van der Waals surface area contributed by atoms with Crippen LogP contribution in [0.4, 0.5) is 0 Å². The van der Waals surface area contributed by atoms with Gasteiger partial charge in [-0.1, -0.05) is 13.8 Å². The number of rotatable bonds is 5. The number of carbonyl (C=O) groups is 1. The van der Waals surface area contributed by atoms with Crippen LogP contribution in [0, 0.1) is 5.92 Å². The first kappa shape index (κ1) is 17.0. The molecule has 0 unspecified atom stereocenters. The van der Waals surface area contributed by atoms with Gasteiger partial charge < -0.3 is 15.0 Å². The van der Waals surface area contributed by atoms with Crippen molar-refractivity contribution in [3.8, 4) is 0 Å². The summed E-state index contributed by atoms with van der Waals surface area (Å²) < 4.78 is 10.7. The SMILES string of the molecule is COC1=N[C@](C)(CCC(=O)C=[N+]=[N-])C(OC)=N[C@@H]1C(C)C. The van der Waals surface area contributed by atoms with Crippen LogP contribution in [-0.4, -0.2) is 54.4 Å². The van der Waals surface area contributed by atoms with E-state index in [1.165, 1.54) is 0 Å². The van der Waals surface area contributed by atoms with Crippen LogP contribution >= 0.6 is 0 Å². The third-order valence-corrected chi connectivity index (χ3v) is 3.42. The fraction of sp³-hybridized carbons (Fsp3) is 0.714. The largest absolute Gasteiger partial charge is 0.483 e. The molecule has 1 rings (SSSR count). The number of ketones is 1. The zero-order chi connectivity index (χ0) is 16.0. The van der Waals surface area contributed by atoms with E-state index >= 15 is 0 Å². The van der Waals surface area contributed by atoms with E-state index in [-0.39, 0.29) is 24.2 Å². The summed E-state index contributed by atoms with van der Waals surface area (Å²) in [6.07, 6.45) is 1.45. The first-order chi connectivity index (χ1) is 9.87. The van der Waals surface area contributed by atoms with Crippen LogP contribution in [0.3, 0.4) is 0 Å². The quantitative estimate of drug-likeness (QED) is 0.437. The minimum Gasteiger partial charge on any atom is -0.483 e. The molecule has 0 radical (unpaired) electrons. The second-order valence-electron chi connectivity index (χ2n) is 5.47. The Bertz CT molecular complexity index is 506. The van der Waals surface area contributed by atoms with Gasteiger partial charge in [-0.05, 0) is 19.3 Å². The van der Waals surface area contributed by atoms with E-state index in [1.807, 2.05) is 20.8 Å². The molecule has 116 valence electrons. The molecule has 0 N–H and O–H groups in total. The van der Waals surface area contributed by atoms with Crippen molar-refractivity contribution in [2.75, 3.05) is 14.2 Å². The highest BCUT2D eigenvalue weighted by molar-refractivity contribution is 6.25. The molecule has 1 aliphatic heterocycles. The van der Waals surface area contributed by atoms with Crippen LogP contribution in [-0.2, 0) is 14.3 Å². The van der Waals surface area contributed by atoms with Crippen LogP contribution in [0.5, 0.6) is 0 Å². The van der Waals surface area contributed by atoms with Crippen molar-refractivity contribution in [3.63, 3.8) is 0 Å². The van der Waals surface area contributed by atoms with Crippen LogP contribution in [0.2, 0.25) is 0 Å². The monoisotopic (exact) mass is 294 g/mol. The number of Topliss-reactive ketones (excluding diaryl/α,β-unsaturated/α-hetero) is 1. The predicted molar refractivity (Wildman–Crippen MR) is 79.8 cm³/mol. The fourth-order valence-electron chi connectivity index (χ4n) is 2.21. The highest BCUT2D eigenvalue weighted by Crippen LogP contribution is 2.28. The first-order valence-corrected chi connectivity index (χ1v) is 6.84. The summed E-state index contributed by atoms with van der Waals surface area (Å²) in [6, 6.07) is -0.187. The molecule has 0 bridgehead atoms. The van der Waals surface area contributed by atoms with E-state index in [0.717, 1.165) is 6.21 Å². The minimum atomic E-state index is -0.759. The van der Waals surface area contributed by atoms with Crippen molar-refractivity contribution < 1.29 is 19.1 Å². The zero-order valence-corrected chi connectivity index (χ0v) is 13.2. The van der Waals surface area contributed by atoms with Gasteiger partial charge in [-0.25, -0.2) is 9.98 Å². The Labute approximate surface area is 124 Å². The first-order valence-electron chi connectivity index (χ1n) is 6.84. The lowest BCUT2D eigenvalue weighted by Gasteiger charge is -2.33. The molecule has 7 heteroatoms. The Morgan fingerprint density at radius 1 is 1.48 bits per heavy atom. The van der Waals surface area contributed by atoms with E-state index in [0.29, 0.717) is 18.2 Å². The van der Waals surface area contributed by atoms with Gasteiger partial charge in [-0.3, -0.25) is 4.79 Å². The number of nitrogens with zero attached hydrogens (tertiary/aromatic N) is 4. The topological polar surface area (TPSA) is 96.7 Å². The molecular weight excluding hydrogens is 272 g/mol. The van der Waals surface area contributed by atoms with Gasteiger partial charge in [0.25, 0.3) is 0 Å². The number of carbonyl (C=O) groups excluding carboxylic acids is 1. The highest BCUT2D eigenvalue weighted by atomic mass is 16.5.